The molecule has 0 saturated heterocycles. The van der Waals surface area contributed by atoms with E-state index in [4.69, 9.17) is 9.47 Å². The maximum absolute atomic E-state index is 12.3. The van der Waals surface area contributed by atoms with Gasteiger partial charge in [0.05, 0.1) is 18.7 Å². The lowest BCUT2D eigenvalue weighted by atomic mass is 9.82. The molecular weight excluding hydrogens is 394 g/mol. The van der Waals surface area contributed by atoms with Crippen LogP contribution in [0.3, 0.4) is 0 Å². The van der Waals surface area contributed by atoms with Crippen LogP contribution in [-0.2, 0) is 4.79 Å². The second-order valence-electron chi connectivity index (χ2n) is 6.29. The quantitative estimate of drug-likeness (QED) is 0.652. The zero-order valence-corrected chi connectivity index (χ0v) is 16.1. The van der Waals surface area contributed by atoms with Crippen LogP contribution in [0.2, 0.25) is 0 Å². The van der Waals surface area contributed by atoms with Gasteiger partial charge in [0.15, 0.2) is 11.5 Å². The number of amides is 1. The molecule has 132 valence electrons. The average molecular weight is 412 g/mol. The molecular formula is C21H18BrNO3. The maximum atomic E-state index is 12.3. The van der Waals surface area contributed by atoms with Crippen LogP contribution in [0.1, 0.15) is 23.5 Å². The Kier molecular flexibility index (Phi) is 4.32. The van der Waals surface area contributed by atoms with Crippen LogP contribution in [0.5, 0.6) is 11.5 Å². The molecule has 0 fully saturated rings. The number of methoxy groups -OCH3 is 2. The van der Waals surface area contributed by atoms with E-state index >= 15 is 0 Å². The number of rotatable bonds is 3. The van der Waals surface area contributed by atoms with Gasteiger partial charge < -0.3 is 14.8 Å². The molecule has 1 atom stereocenters. The number of hydrogen-bond donors (Lipinski definition) is 1. The highest BCUT2D eigenvalue weighted by Gasteiger charge is 2.29. The molecule has 4 rings (SSSR count). The Balaban J connectivity index is 1.96. The summed E-state index contributed by atoms with van der Waals surface area (Å²) < 4.78 is 11.7. The first-order chi connectivity index (χ1) is 12.6. The van der Waals surface area contributed by atoms with Gasteiger partial charge in [0.25, 0.3) is 0 Å². The summed E-state index contributed by atoms with van der Waals surface area (Å²) in [5, 5.41) is 5.32. The second-order valence-corrected chi connectivity index (χ2v) is 7.15. The lowest BCUT2D eigenvalue weighted by molar-refractivity contribution is -0.116. The van der Waals surface area contributed by atoms with Crippen molar-refractivity contribution in [2.45, 2.75) is 12.3 Å². The number of carbonyl (C=O) groups excluding carboxylic acids is 1. The average Bonchev–Trinajstić information content (AvgIpc) is 2.66. The number of ether oxygens (including phenoxy) is 2. The highest BCUT2D eigenvalue weighted by atomic mass is 79.9. The van der Waals surface area contributed by atoms with E-state index in [2.05, 4.69) is 33.4 Å². The Labute approximate surface area is 160 Å². The molecule has 0 spiro atoms. The van der Waals surface area contributed by atoms with Gasteiger partial charge in [-0.15, -0.1) is 0 Å². The molecule has 0 aliphatic carbocycles. The monoisotopic (exact) mass is 411 g/mol. The third kappa shape index (κ3) is 2.72. The summed E-state index contributed by atoms with van der Waals surface area (Å²) in [4.78, 5) is 12.3. The van der Waals surface area contributed by atoms with E-state index < -0.39 is 0 Å². The Morgan fingerprint density at radius 1 is 1.08 bits per heavy atom. The Morgan fingerprint density at radius 3 is 2.65 bits per heavy atom. The number of anilines is 1. The normalized spacial score (nSPS) is 16.1. The molecule has 0 aromatic heterocycles. The summed E-state index contributed by atoms with van der Waals surface area (Å²) in [6, 6.07) is 16.2. The van der Waals surface area contributed by atoms with Crippen LogP contribution in [0.25, 0.3) is 10.8 Å². The topological polar surface area (TPSA) is 47.6 Å². The third-order valence-electron chi connectivity index (χ3n) is 4.84. The van der Waals surface area contributed by atoms with Gasteiger partial charge >= 0.3 is 0 Å². The molecule has 1 N–H and O–H groups in total. The Morgan fingerprint density at radius 2 is 1.88 bits per heavy atom. The van der Waals surface area contributed by atoms with Crippen molar-refractivity contribution in [2.75, 3.05) is 19.5 Å². The number of carbonyl (C=O) groups is 1. The van der Waals surface area contributed by atoms with Crippen molar-refractivity contribution >= 4 is 38.3 Å². The van der Waals surface area contributed by atoms with Gasteiger partial charge in [0, 0.05) is 18.0 Å². The molecule has 1 aliphatic rings. The summed E-state index contributed by atoms with van der Waals surface area (Å²) in [6.45, 7) is 0. The predicted molar refractivity (Wildman–Crippen MR) is 106 cm³/mol. The molecule has 5 heteroatoms. The fraction of sp³-hybridized carbons (Fsp3) is 0.190. The molecule has 26 heavy (non-hydrogen) atoms. The van der Waals surface area contributed by atoms with Crippen molar-refractivity contribution in [3.8, 4) is 11.5 Å². The minimum atomic E-state index is -0.0547. The third-order valence-corrected chi connectivity index (χ3v) is 5.43. The molecule has 3 aromatic rings. The van der Waals surface area contributed by atoms with E-state index in [1.807, 2.05) is 36.4 Å². The van der Waals surface area contributed by atoms with Gasteiger partial charge in [-0.3, -0.25) is 4.79 Å². The molecule has 0 unspecified atom stereocenters. The van der Waals surface area contributed by atoms with Crippen LogP contribution >= 0.6 is 15.9 Å². The van der Waals surface area contributed by atoms with E-state index in [0.29, 0.717) is 17.9 Å². The van der Waals surface area contributed by atoms with E-state index in [1.54, 1.807) is 14.2 Å². The highest BCUT2D eigenvalue weighted by Crippen LogP contribution is 2.45. The van der Waals surface area contributed by atoms with Gasteiger partial charge in [-0.2, -0.15) is 0 Å². The van der Waals surface area contributed by atoms with Crippen molar-refractivity contribution in [1.29, 1.82) is 0 Å². The number of benzene rings is 3. The number of fused-ring (bicyclic) bond motifs is 3. The van der Waals surface area contributed by atoms with Gasteiger partial charge in [-0.05, 0) is 56.0 Å². The van der Waals surface area contributed by atoms with Crippen molar-refractivity contribution in [3.63, 3.8) is 0 Å². The van der Waals surface area contributed by atoms with Crippen molar-refractivity contribution in [1.82, 2.24) is 0 Å². The fourth-order valence-corrected chi connectivity index (χ4v) is 4.31. The molecule has 1 aliphatic heterocycles. The maximum Gasteiger partial charge on any atom is 0.225 e. The molecule has 0 radical (unpaired) electrons. The summed E-state index contributed by atoms with van der Waals surface area (Å²) in [7, 11) is 3.23. The van der Waals surface area contributed by atoms with Crippen molar-refractivity contribution < 1.29 is 14.3 Å². The minimum absolute atomic E-state index is 0.0173. The minimum Gasteiger partial charge on any atom is -0.493 e. The summed E-state index contributed by atoms with van der Waals surface area (Å²) in [6.07, 6.45) is 0.392. The highest BCUT2D eigenvalue weighted by molar-refractivity contribution is 9.10. The molecule has 1 heterocycles. The Hall–Kier alpha value is -2.53. The standard InChI is InChI=1S/C21H18BrNO3/c1-25-18-10-13(9-16(22)21(18)26-2)15-11-19(24)23-17-8-7-12-5-3-4-6-14(12)20(15)17/h3-10,15H,11H2,1-2H3,(H,23,24)/t15-/m1/s1. The summed E-state index contributed by atoms with van der Waals surface area (Å²) in [5.74, 6) is 1.25. The van der Waals surface area contributed by atoms with Crippen molar-refractivity contribution in [3.05, 3.63) is 64.1 Å². The zero-order chi connectivity index (χ0) is 18.3. The van der Waals surface area contributed by atoms with Gasteiger partial charge in [0.1, 0.15) is 0 Å². The van der Waals surface area contributed by atoms with Gasteiger partial charge in [0.2, 0.25) is 5.91 Å². The van der Waals surface area contributed by atoms with E-state index in [0.717, 1.165) is 32.1 Å². The van der Waals surface area contributed by atoms with Gasteiger partial charge in [-0.1, -0.05) is 30.3 Å². The molecule has 0 saturated carbocycles. The summed E-state index contributed by atoms with van der Waals surface area (Å²) >= 11 is 3.56. The predicted octanol–water partition coefficient (Wildman–Crippen LogP) is 5.09. The SMILES string of the molecule is COc1cc([C@H]2CC(=O)Nc3ccc4ccccc4c32)cc(Br)c1OC. The zero-order valence-electron chi connectivity index (χ0n) is 14.5. The lowest BCUT2D eigenvalue weighted by Gasteiger charge is -2.28. The van der Waals surface area contributed by atoms with E-state index in [-0.39, 0.29) is 11.8 Å². The summed E-state index contributed by atoms with van der Waals surface area (Å²) in [5.41, 5.74) is 3.03. The lowest BCUT2D eigenvalue weighted by Crippen LogP contribution is -2.23. The first kappa shape index (κ1) is 16.9. The Bertz CT molecular complexity index is 1020. The van der Waals surface area contributed by atoms with E-state index in [1.165, 1.54) is 0 Å². The van der Waals surface area contributed by atoms with Crippen LogP contribution < -0.4 is 14.8 Å². The number of nitrogens with one attached hydrogen (secondary N) is 1. The van der Waals surface area contributed by atoms with Crippen LogP contribution in [0.4, 0.5) is 5.69 Å². The molecule has 0 bridgehead atoms. The molecule has 4 nitrogen and oxygen atoms in total. The van der Waals surface area contributed by atoms with Crippen LogP contribution in [-0.4, -0.2) is 20.1 Å². The van der Waals surface area contributed by atoms with Crippen LogP contribution in [0.15, 0.2) is 53.0 Å². The van der Waals surface area contributed by atoms with Crippen molar-refractivity contribution in [2.24, 2.45) is 0 Å². The molecule has 1 amide bonds. The first-order valence-electron chi connectivity index (χ1n) is 8.35. The number of halogens is 1. The number of hydrogen-bond acceptors (Lipinski definition) is 3. The first-order valence-corrected chi connectivity index (χ1v) is 9.14. The fourth-order valence-electron chi connectivity index (χ4n) is 3.69. The van der Waals surface area contributed by atoms with Gasteiger partial charge in [-0.25, -0.2) is 0 Å². The molecule has 3 aromatic carbocycles. The van der Waals surface area contributed by atoms with Crippen LogP contribution in [0, 0.1) is 0 Å². The second kappa shape index (κ2) is 6.65. The van der Waals surface area contributed by atoms with E-state index in [9.17, 15) is 4.79 Å². The largest absolute Gasteiger partial charge is 0.493 e. The smallest absolute Gasteiger partial charge is 0.225 e.